The number of carbonyl (C=O) groups is 2. The van der Waals surface area contributed by atoms with Crippen molar-refractivity contribution in [3.63, 3.8) is 0 Å². The molecule has 0 spiro atoms. The smallest absolute Gasteiger partial charge is 0.317 e. The second-order valence-corrected chi connectivity index (χ2v) is 5.56. The maximum absolute atomic E-state index is 12.0. The summed E-state index contributed by atoms with van der Waals surface area (Å²) in [5.74, 6) is -0.878. The van der Waals surface area contributed by atoms with Gasteiger partial charge in [0.2, 0.25) is 0 Å². The minimum atomic E-state index is -0.911. The average Bonchev–Trinajstić information content (AvgIpc) is 2.49. The van der Waals surface area contributed by atoms with Gasteiger partial charge in [0, 0.05) is 40.0 Å². The normalized spacial score (nSPS) is 17.2. The molecule has 0 aliphatic carbocycles. The third kappa shape index (κ3) is 5.51. The first-order chi connectivity index (χ1) is 10.0. The molecule has 1 saturated heterocycles. The summed E-state index contributed by atoms with van der Waals surface area (Å²) in [5, 5.41) is 20.8. The molecule has 1 aliphatic rings. The molecule has 1 fully saturated rings. The number of aliphatic hydroxyl groups is 1. The molecule has 7 nitrogen and oxygen atoms in total. The third-order valence-corrected chi connectivity index (χ3v) is 3.98. The van der Waals surface area contributed by atoms with Crippen molar-refractivity contribution < 1.29 is 24.5 Å². The molecule has 0 saturated carbocycles. The Hall–Kier alpha value is -1.34. The van der Waals surface area contributed by atoms with E-state index in [4.69, 9.17) is 9.84 Å². The number of rotatable bonds is 8. The number of hydrogen-bond acceptors (Lipinski definition) is 4. The van der Waals surface area contributed by atoms with E-state index >= 15 is 0 Å². The average molecular weight is 302 g/mol. The molecule has 122 valence electrons. The second-order valence-electron chi connectivity index (χ2n) is 5.56. The summed E-state index contributed by atoms with van der Waals surface area (Å²) in [6, 6.07) is -0.258. The molecule has 7 heteroatoms. The lowest BCUT2D eigenvalue weighted by atomic mass is 9.80. The molecule has 3 N–H and O–H groups in total. The van der Waals surface area contributed by atoms with Crippen LogP contribution in [0.3, 0.4) is 0 Å². The minimum Gasteiger partial charge on any atom is -0.481 e. The molecule has 0 radical (unpaired) electrons. The van der Waals surface area contributed by atoms with Crippen LogP contribution in [0.5, 0.6) is 0 Å². The van der Waals surface area contributed by atoms with E-state index in [9.17, 15) is 14.7 Å². The van der Waals surface area contributed by atoms with E-state index < -0.39 is 11.4 Å². The number of urea groups is 1. The fourth-order valence-electron chi connectivity index (χ4n) is 2.35. The van der Waals surface area contributed by atoms with E-state index in [0.29, 0.717) is 32.6 Å². The highest BCUT2D eigenvalue weighted by molar-refractivity contribution is 5.78. The standard InChI is InChI=1S/C14H26N2O5/c1-16(7-3-2-4-8-17)13(20)15-11-14(12(18)19)5-9-21-10-6-14/h17H,2-11H2,1H3,(H,15,20)(H,18,19). The lowest BCUT2D eigenvalue weighted by molar-refractivity contribution is -0.154. The number of nitrogens with one attached hydrogen (secondary N) is 1. The van der Waals surface area contributed by atoms with Crippen LogP contribution < -0.4 is 5.32 Å². The van der Waals surface area contributed by atoms with Crippen LogP contribution in [-0.4, -0.2) is 67.1 Å². The van der Waals surface area contributed by atoms with Gasteiger partial charge in [0.25, 0.3) is 0 Å². The predicted molar refractivity (Wildman–Crippen MR) is 77.1 cm³/mol. The van der Waals surface area contributed by atoms with Gasteiger partial charge in [-0.15, -0.1) is 0 Å². The van der Waals surface area contributed by atoms with Crippen LogP contribution in [0.15, 0.2) is 0 Å². The van der Waals surface area contributed by atoms with Crippen LogP contribution in [0.4, 0.5) is 4.79 Å². The summed E-state index contributed by atoms with van der Waals surface area (Å²) in [5.41, 5.74) is -0.911. The highest BCUT2D eigenvalue weighted by Gasteiger charge is 2.40. The van der Waals surface area contributed by atoms with Crippen molar-refractivity contribution in [1.29, 1.82) is 0 Å². The molecule has 1 aliphatic heterocycles. The van der Waals surface area contributed by atoms with Crippen molar-refractivity contribution >= 4 is 12.0 Å². The van der Waals surface area contributed by atoms with Crippen molar-refractivity contribution in [2.75, 3.05) is 40.0 Å². The molecular weight excluding hydrogens is 276 g/mol. The zero-order valence-electron chi connectivity index (χ0n) is 12.6. The Morgan fingerprint density at radius 3 is 2.48 bits per heavy atom. The Balaban J connectivity index is 2.37. The molecule has 0 unspecified atom stereocenters. The molecule has 1 heterocycles. The number of aliphatic hydroxyl groups excluding tert-OH is 1. The van der Waals surface area contributed by atoms with Gasteiger partial charge in [-0.3, -0.25) is 4.79 Å². The van der Waals surface area contributed by atoms with E-state index in [1.54, 1.807) is 11.9 Å². The predicted octanol–water partition coefficient (Wildman–Crippen LogP) is 0.672. The zero-order chi connectivity index (χ0) is 15.7. The van der Waals surface area contributed by atoms with Crippen LogP contribution in [0.2, 0.25) is 0 Å². The number of carboxylic acid groups (broad SMARTS) is 1. The number of unbranched alkanes of at least 4 members (excludes halogenated alkanes) is 2. The van der Waals surface area contributed by atoms with Crippen LogP contribution >= 0.6 is 0 Å². The molecule has 0 aromatic rings. The molecule has 0 atom stereocenters. The van der Waals surface area contributed by atoms with Crippen molar-refractivity contribution in [2.45, 2.75) is 32.1 Å². The fraction of sp³-hybridized carbons (Fsp3) is 0.857. The first kappa shape index (κ1) is 17.7. The van der Waals surface area contributed by atoms with E-state index in [-0.39, 0.29) is 19.2 Å². The minimum absolute atomic E-state index is 0.130. The summed E-state index contributed by atoms with van der Waals surface area (Å²) in [4.78, 5) is 25.0. The number of aliphatic carboxylic acids is 1. The van der Waals surface area contributed by atoms with Crippen molar-refractivity contribution in [3.8, 4) is 0 Å². The lowest BCUT2D eigenvalue weighted by Crippen LogP contribution is -2.49. The third-order valence-electron chi connectivity index (χ3n) is 3.98. The molecule has 0 aromatic carbocycles. The number of ether oxygens (including phenoxy) is 1. The Morgan fingerprint density at radius 2 is 1.90 bits per heavy atom. The van der Waals surface area contributed by atoms with Crippen LogP contribution in [0.25, 0.3) is 0 Å². The van der Waals surface area contributed by atoms with Gasteiger partial charge in [-0.2, -0.15) is 0 Å². The number of carbonyl (C=O) groups excluding carboxylic acids is 1. The molecular formula is C14H26N2O5. The lowest BCUT2D eigenvalue weighted by Gasteiger charge is -2.33. The van der Waals surface area contributed by atoms with E-state index in [2.05, 4.69) is 5.32 Å². The summed E-state index contributed by atoms with van der Waals surface area (Å²) in [7, 11) is 1.69. The van der Waals surface area contributed by atoms with Gasteiger partial charge in [0.15, 0.2) is 0 Å². The van der Waals surface area contributed by atoms with Crippen molar-refractivity contribution in [1.82, 2.24) is 10.2 Å². The second kappa shape index (κ2) is 8.84. The van der Waals surface area contributed by atoms with Gasteiger partial charge < -0.3 is 25.2 Å². The zero-order valence-corrected chi connectivity index (χ0v) is 12.6. The summed E-state index contributed by atoms with van der Waals surface area (Å²) in [6.45, 7) is 1.72. The van der Waals surface area contributed by atoms with Gasteiger partial charge in [0.1, 0.15) is 0 Å². The molecule has 21 heavy (non-hydrogen) atoms. The van der Waals surface area contributed by atoms with Crippen molar-refractivity contribution in [3.05, 3.63) is 0 Å². The highest BCUT2D eigenvalue weighted by Crippen LogP contribution is 2.30. The van der Waals surface area contributed by atoms with Gasteiger partial charge in [-0.1, -0.05) is 0 Å². The molecule has 1 rings (SSSR count). The Kier molecular flexibility index (Phi) is 7.45. The summed E-state index contributed by atoms with van der Waals surface area (Å²) in [6.07, 6.45) is 3.26. The largest absolute Gasteiger partial charge is 0.481 e. The van der Waals surface area contributed by atoms with Gasteiger partial charge in [-0.25, -0.2) is 4.79 Å². The van der Waals surface area contributed by atoms with Crippen molar-refractivity contribution in [2.24, 2.45) is 5.41 Å². The molecule has 0 aromatic heterocycles. The topological polar surface area (TPSA) is 99.1 Å². The highest BCUT2D eigenvalue weighted by atomic mass is 16.5. The molecule has 2 amide bonds. The van der Waals surface area contributed by atoms with E-state index in [0.717, 1.165) is 19.3 Å². The van der Waals surface area contributed by atoms with Gasteiger partial charge in [-0.05, 0) is 32.1 Å². The summed E-state index contributed by atoms with van der Waals surface area (Å²) >= 11 is 0. The van der Waals surface area contributed by atoms with Crippen LogP contribution in [0, 0.1) is 5.41 Å². The summed E-state index contributed by atoms with van der Waals surface area (Å²) < 4.78 is 5.20. The molecule has 0 bridgehead atoms. The maximum Gasteiger partial charge on any atom is 0.317 e. The number of nitrogens with zero attached hydrogens (tertiary/aromatic N) is 1. The SMILES string of the molecule is CN(CCCCCO)C(=O)NCC1(C(=O)O)CCOCC1. The van der Waals surface area contributed by atoms with Gasteiger partial charge >= 0.3 is 12.0 Å². The maximum atomic E-state index is 12.0. The van der Waals surface area contributed by atoms with Crippen LogP contribution in [-0.2, 0) is 9.53 Å². The van der Waals surface area contributed by atoms with Crippen LogP contribution in [0.1, 0.15) is 32.1 Å². The van der Waals surface area contributed by atoms with E-state index in [1.165, 1.54) is 0 Å². The number of carboxylic acids is 1. The number of amides is 2. The fourth-order valence-corrected chi connectivity index (χ4v) is 2.35. The quantitative estimate of drug-likeness (QED) is 0.572. The van der Waals surface area contributed by atoms with E-state index in [1.807, 2.05) is 0 Å². The first-order valence-electron chi connectivity index (χ1n) is 7.43. The Labute approximate surface area is 125 Å². The monoisotopic (exact) mass is 302 g/mol. The Bertz CT molecular complexity index is 342. The van der Waals surface area contributed by atoms with Gasteiger partial charge in [0.05, 0.1) is 5.41 Å². The Morgan fingerprint density at radius 1 is 1.24 bits per heavy atom. The number of hydrogen-bond donors (Lipinski definition) is 3. The first-order valence-corrected chi connectivity index (χ1v) is 7.43.